The van der Waals surface area contributed by atoms with Crippen molar-refractivity contribution in [3.63, 3.8) is 0 Å². The van der Waals surface area contributed by atoms with Gasteiger partial charge in [-0.05, 0) is 6.92 Å². The molecule has 0 aliphatic carbocycles. The topological polar surface area (TPSA) is 42.9 Å². The molecular formula is C8H9BrN2O. The van der Waals surface area contributed by atoms with E-state index < -0.39 is 0 Å². The molecule has 0 aliphatic rings. The summed E-state index contributed by atoms with van der Waals surface area (Å²) in [5.74, 6) is -0.182. The summed E-state index contributed by atoms with van der Waals surface area (Å²) in [6.45, 7) is 1.85. The molecule has 0 aromatic carbocycles. The van der Waals surface area contributed by atoms with Gasteiger partial charge >= 0.3 is 0 Å². The van der Waals surface area contributed by atoms with Crippen LogP contribution in [-0.4, -0.2) is 21.6 Å². The molecule has 3 nitrogen and oxygen atoms in total. The number of aldehydes is 1. The molecule has 4 heteroatoms. The Kier molecular flexibility index (Phi) is 3.34. The summed E-state index contributed by atoms with van der Waals surface area (Å²) in [6.07, 6.45) is 4.10. The van der Waals surface area contributed by atoms with E-state index in [2.05, 4.69) is 25.9 Å². The van der Waals surface area contributed by atoms with Crippen molar-refractivity contribution in [1.29, 1.82) is 0 Å². The van der Waals surface area contributed by atoms with Crippen LogP contribution in [0.25, 0.3) is 0 Å². The van der Waals surface area contributed by atoms with E-state index in [9.17, 15) is 4.79 Å². The number of carbonyl (C=O) groups excluding carboxylic acids is 1. The third-order valence-corrected chi connectivity index (χ3v) is 2.30. The van der Waals surface area contributed by atoms with Crippen LogP contribution >= 0.6 is 15.9 Å². The molecule has 0 bridgehead atoms. The number of hydrogen-bond donors (Lipinski definition) is 0. The second-order valence-corrected chi connectivity index (χ2v) is 3.07. The normalized spacial score (nSPS) is 12.5. The number of aryl methyl sites for hydroxylation is 1. The Hall–Kier alpha value is -0.770. The Labute approximate surface area is 79.4 Å². The van der Waals surface area contributed by atoms with Crippen molar-refractivity contribution in [2.24, 2.45) is 0 Å². The predicted molar refractivity (Wildman–Crippen MR) is 49.4 cm³/mol. The largest absolute Gasteiger partial charge is 0.303 e. The first-order valence-electron chi connectivity index (χ1n) is 3.58. The molecule has 0 spiro atoms. The van der Waals surface area contributed by atoms with Gasteiger partial charge in [-0.1, -0.05) is 15.9 Å². The summed E-state index contributed by atoms with van der Waals surface area (Å²) in [4.78, 5) is 18.7. The summed E-state index contributed by atoms with van der Waals surface area (Å²) >= 11 is 3.25. The Bertz CT molecular complexity index is 278. The summed E-state index contributed by atoms with van der Waals surface area (Å²) in [7, 11) is 0. The number of aromatic nitrogens is 2. The highest BCUT2D eigenvalue weighted by Crippen LogP contribution is 2.14. The lowest BCUT2D eigenvalue weighted by molar-refractivity contribution is -0.108. The molecule has 0 aliphatic heterocycles. The highest BCUT2D eigenvalue weighted by atomic mass is 79.9. The minimum atomic E-state index is -0.182. The number of halogens is 1. The van der Waals surface area contributed by atoms with Gasteiger partial charge in [0.2, 0.25) is 0 Å². The molecule has 64 valence electrons. The maximum Gasteiger partial charge on any atom is 0.129 e. The fraction of sp³-hybridized carbons (Fsp3) is 0.375. The third-order valence-electron chi connectivity index (χ3n) is 1.60. The van der Waals surface area contributed by atoms with E-state index in [1.165, 1.54) is 0 Å². The molecule has 1 aromatic rings. The maximum absolute atomic E-state index is 10.6. The van der Waals surface area contributed by atoms with Crippen LogP contribution in [0.3, 0.4) is 0 Å². The van der Waals surface area contributed by atoms with Gasteiger partial charge in [0.1, 0.15) is 6.29 Å². The molecular weight excluding hydrogens is 220 g/mol. The highest BCUT2D eigenvalue weighted by Gasteiger charge is 2.12. The van der Waals surface area contributed by atoms with Gasteiger partial charge in [0.05, 0.1) is 17.3 Å². The van der Waals surface area contributed by atoms with Crippen LogP contribution in [0.4, 0.5) is 0 Å². The van der Waals surface area contributed by atoms with Crippen LogP contribution in [0, 0.1) is 6.92 Å². The summed E-state index contributed by atoms with van der Waals surface area (Å²) in [5, 5.41) is 0.593. The number of alkyl halides is 1. The fourth-order valence-corrected chi connectivity index (χ4v) is 1.42. The number of hydrogen-bond acceptors (Lipinski definition) is 3. The highest BCUT2D eigenvalue weighted by molar-refractivity contribution is 9.09. The van der Waals surface area contributed by atoms with Gasteiger partial charge in [-0.25, -0.2) is 0 Å². The van der Waals surface area contributed by atoms with Crippen molar-refractivity contribution < 1.29 is 4.79 Å². The molecule has 0 N–H and O–H groups in total. The molecule has 1 unspecified atom stereocenters. The molecule has 1 heterocycles. The second kappa shape index (κ2) is 4.30. The third kappa shape index (κ3) is 1.88. The quantitative estimate of drug-likeness (QED) is 0.582. The van der Waals surface area contributed by atoms with E-state index in [1.54, 1.807) is 12.4 Å². The molecule has 1 aromatic heterocycles. The zero-order valence-electron chi connectivity index (χ0n) is 6.70. The van der Waals surface area contributed by atoms with E-state index in [4.69, 9.17) is 0 Å². The molecule has 0 saturated heterocycles. The average Bonchev–Trinajstić information content (AvgIpc) is 2.10. The van der Waals surface area contributed by atoms with Crippen LogP contribution in [0.2, 0.25) is 0 Å². The predicted octanol–water partition coefficient (Wildman–Crippen LogP) is 1.46. The monoisotopic (exact) mass is 228 g/mol. The Balaban J connectivity index is 3.00. The van der Waals surface area contributed by atoms with Crippen molar-refractivity contribution in [2.75, 3.05) is 5.33 Å². The summed E-state index contributed by atoms with van der Waals surface area (Å²) in [5.41, 5.74) is 1.57. The Morgan fingerprint density at radius 2 is 2.25 bits per heavy atom. The van der Waals surface area contributed by atoms with Gasteiger partial charge in [-0.2, -0.15) is 0 Å². The van der Waals surface area contributed by atoms with Crippen LogP contribution in [-0.2, 0) is 4.79 Å². The zero-order valence-corrected chi connectivity index (χ0v) is 8.28. The first kappa shape index (κ1) is 9.32. The van der Waals surface area contributed by atoms with Crippen molar-refractivity contribution in [3.8, 4) is 0 Å². The van der Waals surface area contributed by atoms with Gasteiger partial charge in [-0.15, -0.1) is 0 Å². The van der Waals surface area contributed by atoms with E-state index in [1.807, 2.05) is 6.92 Å². The van der Waals surface area contributed by atoms with Crippen molar-refractivity contribution in [1.82, 2.24) is 9.97 Å². The number of nitrogens with zero attached hydrogens (tertiary/aromatic N) is 2. The van der Waals surface area contributed by atoms with E-state index in [0.717, 1.165) is 17.7 Å². The molecule has 0 fully saturated rings. The molecule has 1 rings (SSSR count). The van der Waals surface area contributed by atoms with Crippen molar-refractivity contribution >= 4 is 22.2 Å². The van der Waals surface area contributed by atoms with E-state index in [0.29, 0.717) is 5.33 Å². The van der Waals surface area contributed by atoms with Gasteiger partial charge in [0, 0.05) is 17.7 Å². The maximum atomic E-state index is 10.6. The number of rotatable bonds is 3. The Morgan fingerprint density at radius 1 is 1.58 bits per heavy atom. The second-order valence-electron chi connectivity index (χ2n) is 2.42. The minimum absolute atomic E-state index is 0.182. The lowest BCUT2D eigenvalue weighted by Crippen LogP contribution is -2.07. The van der Waals surface area contributed by atoms with Gasteiger partial charge in [0.25, 0.3) is 0 Å². The fourth-order valence-electron chi connectivity index (χ4n) is 0.956. The van der Waals surface area contributed by atoms with Crippen LogP contribution in [0.1, 0.15) is 17.3 Å². The van der Waals surface area contributed by atoms with E-state index >= 15 is 0 Å². The van der Waals surface area contributed by atoms with Gasteiger partial charge in [0.15, 0.2) is 0 Å². The number of carbonyl (C=O) groups is 1. The van der Waals surface area contributed by atoms with E-state index in [-0.39, 0.29) is 5.92 Å². The van der Waals surface area contributed by atoms with Crippen molar-refractivity contribution in [2.45, 2.75) is 12.8 Å². The molecule has 0 radical (unpaired) electrons. The van der Waals surface area contributed by atoms with Crippen LogP contribution < -0.4 is 0 Å². The van der Waals surface area contributed by atoms with Crippen LogP contribution in [0.15, 0.2) is 12.4 Å². The van der Waals surface area contributed by atoms with Gasteiger partial charge in [-0.3, -0.25) is 9.97 Å². The summed E-state index contributed by atoms with van der Waals surface area (Å²) < 4.78 is 0. The smallest absolute Gasteiger partial charge is 0.129 e. The Morgan fingerprint density at radius 3 is 2.75 bits per heavy atom. The molecule has 1 atom stereocenters. The lowest BCUT2D eigenvalue weighted by atomic mass is 10.1. The van der Waals surface area contributed by atoms with Crippen LogP contribution in [0.5, 0.6) is 0 Å². The summed E-state index contributed by atoms with van der Waals surface area (Å²) in [6, 6.07) is 0. The molecule has 0 amide bonds. The average molecular weight is 229 g/mol. The zero-order chi connectivity index (χ0) is 8.97. The first-order valence-corrected chi connectivity index (χ1v) is 4.70. The molecule has 0 saturated carbocycles. The first-order chi connectivity index (χ1) is 5.79. The standard InChI is InChI=1S/C8H9BrN2O/c1-6-8(7(4-9)5-12)11-3-2-10-6/h2-3,5,7H,4H2,1H3. The minimum Gasteiger partial charge on any atom is -0.303 e. The lowest BCUT2D eigenvalue weighted by Gasteiger charge is -2.06. The SMILES string of the molecule is Cc1nccnc1C(C=O)CBr. The molecule has 12 heavy (non-hydrogen) atoms. The van der Waals surface area contributed by atoms with Gasteiger partial charge < -0.3 is 4.79 Å². The van der Waals surface area contributed by atoms with Crippen molar-refractivity contribution in [3.05, 3.63) is 23.8 Å².